The second kappa shape index (κ2) is 8.33. The fourth-order valence-electron chi connectivity index (χ4n) is 4.11. The molecule has 1 aliphatic heterocycles. The number of amides is 2. The lowest BCUT2D eigenvalue weighted by Gasteiger charge is -2.41. The van der Waals surface area contributed by atoms with Crippen LogP contribution in [-0.4, -0.2) is 11.0 Å². The Labute approximate surface area is 201 Å². The van der Waals surface area contributed by atoms with Crippen molar-refractivity contribution in [2.75, 3.05) is 4.90 Å². The number of halogens is 3. The molecule has 1 unspecified atom stereocenters. The van der Waals surface area contributed by atoms with Gasteiger partial charge in [-0.2, -0.15) is 0 Å². The second-order valence-electron chi connectivity index (χ2n) is 7.93. The van der Waals surface area contributed by atoms with Gasteiger partial charge in [-0.1, -0.05) is 52.9 Å². The van der Waals surface area contributed by atoms with E-state index in [1.807, 2.05) is 30.3 Å². The van der Waals surface area contributed by atoms with Crippen molar-refractivity contribution >= 4 is 46.5 Å². The number of nitrogens with zero attached hydrogens (tertiary/aromatic N) is 2. The minimum absolute atomic E-state index is 0.200. The molecule has 1 fully saturated rings. The molecule has 0 radical (unpaired) electrons. The molecule has 0 bridgehead atoms. The van der Waals surface area contributed by atoms with Gasteiger partial charge in [-0.15, -0.1) is 0 Å². The summed E-state index contributed by atoms with van der Waals surface area (Å²) in [6.07, 6.45) is 3.64. The smallest absolute Gasteiger partial charge is 0.317 e. The zero-order valence-corrected chi connectivity index (χ0v) is 19.2. The zero-order chi connectivity index (χ0) is 22.3. The van der Waals surface area contributed by atoms with Crippen LogP contribution in [0.15, 0.2) is 60.8 Å². The molecule has 0 spiro atoms. The van der Waals surface area contributed by atoms with Crippen LogP contribution in [-0.2, 0) is 12.1 Å². The molecule has 1 aliphatic carbocycles. The molecule has 2 heterocycles. The van der Waals surface area contributed by atoms with Crippen molar-refractivity contribution in [2.45, 2.75) is 24.9 Å². The number of hydrogen-bond donors (Lipinski definition) is 1. The van der Waals surface area contributed by atoms with Crippen LogP contribution in [0.3, 0.4) is 0 Å². The molecule has 3 aromatic rings. The minimum Gasteiger partial charge on any atom is -0.317 e. The minimum atomic E-state index is -0.838. The SMILES string of the molecule is O=C1NC(C#Cc2ccccn2)(C2CC2)c2cc(Cl)ccc2N1Cc1c(Cl)cccc1Cl. The monoisotopic (exact) mass is 481 g/mol. The van der Waals surface area contributed by atoms with Gasteiger partial charge in [-0.25, -0.2) is 9.78 Å². The average molecular weight is 483 g/mol. The highest BCUT2D eigenvalue weighted by Gasteiger charge is 2.51. The number of benzene rings is 2. The lowest BCUT2D eigenvalue weighted by molar-refractivity contribution is 0.231. The van der Waals surface area contributed by atoms with Crippen molar-refractivity contribution in [1.82, 2.24) is 10.3 Å². The molecule has 4 nitrogen and oxygen atoms in total. The van der Waals surface area contributed by atoms with Crippen molar-refractivity contribution < 1.29 is 4.79 Å². The lowest BCUT2D eigenvalue weighted by Crippen LogP contribution is -2.57. The topological polar surface area (TPSA) is 45.2 Å². The molecular weight excluding hydrogens is 465 g/mol. The first-order valence-electron chi connectivity index (χ1n) is 10.2. The molecule has 1 saturated carbocycles. The van der Waals surface area contributed by atoms with Crippen LogP contribution in [0.25, 0.3) is 0 Å². The number of hydrogen-bond acceptors (Lipinski definition) is 2. The van der Waals surface area contributed by atoms with Crippen molar-refractivity contribution in [3.63, 3.8) is 0 Å². The van der Waals surface area contributed by atoms with Gasteiger partial charge in [0.25, 0.3) is 0 Å². The molecule has 32 heavy (non-hydrogen) atoms. The molecule has 2 aliphatic rings. The summed E-state index contributed by atoms with van der Waals surface area (Å²) in [4.78, 5) is 19.4. The maximum atomic E-state index is 13.4. The average Bonchev–Trinajstić information content (AvgIpc) is 3.63. The predicted molar refractivity (Wildman–Crippen MR) is 128 cm³/mol. The largest absolute Gasteiger partial charge is 0.323 e. The van der Waals surface area contributed by atoms with E-state index in [9.17, 15) is 4.79 Å². The number of anilines is 1. The summed E-state index contributed by atoms with van der Waals surface area (Å²) in [6.45, 7) is 0.230. The summed E-state index contributed by atoms with van der Waals surface area (Å²) in [5.41, 5.74) is 2.12. The van der Waals surface area contributed by atoms with Crippen molar-refractivity contribution in [1.29, 1.82) is 0 Å². The number of rotatable bonds is 3. The van der Waals surface area contributed by atoms with Crippen LogP contribution in [0, 0.1) is 17.8 Å². The van der Waals surface area contributed by atoms with Crippen LogP contribution in [0.5, 0.6) is 0 Å². The predicted octanol–water partition coefficient (Wildman–Crippen LogP) is 6.43. The van der Waals surface area contributed by atoms with E-state index in [1.165, 1.54) is 0 Å². The molecule has 2 amide bonds. The fourth-order valence-corrected chi connectivity index (χ4v) is 4.80. The summed E-state index contributed by atoms with van der Waals surface area (Å²) in [6, 6.07) is 16.2. The molecule has 1 N–H and O–H groups in total. The number of carbonyl (C=O) groups excluding carboxylic acids is 1. The Hall–Kier alpha value is -2.71. The summed E-state index contributed by atoms with van der Waals surface area (Å²) >= 11 is 19.2. The van der Waals surface area contributed by atoms with Gasteiger partial charge in [-0.3, -0.25) is 4.90 Å². The van der Waals surface area contributed by atoms with E-state index in [2.05, 4.69) is 22.1 Å². The Bertz CT molecular complexity index is 1240. The Morgan fingerprint density at radius 3 is 2.53 bits per heavy atom. The summed E-state index contributed by atoms with van der Waals surface area (Å²) in [5, 5.41) is 4.80. The number of fused-ring (bicyclic) bond motifs is 1. The van der Waals surface area contributed by atoms with E-state index < -0.39 is 5.54 Å². The summed E-state index contributed by atoms with van der Waals surface area (Å²) < 4.78 is 0. The third-order valence-electron chi connectivity index (χ3n) is 5.84. The van der Waals surface area contributed by atoms with Gasteiger partial charge in [0.2, 0.25) is 0 Å². The Kier molecular flexibility index (Phi) is 5.51. The number of nitrogens with one attached hydrogen (secondary N) is 1. The summed E-state index contributed by atoms with van der Waals surface area (Å²) in [5.74, 6) is 6.71. The highest BCUT2D eigenvalue weighted by molar-refractivity contribution is 6.36. The molecule has 5 rings (SSSR count). The molecule has 7 heteroatoms. The standard InChI is InChI=1S/C25H18Cl3N3O/c26-17-9-10-23-20(14-17)25(16-7-8-16,12-11-18-4-1-2-13-29-18)30-24(32)31(23)15-19-21(27)5-3-6-22(19)28/h1-6,9-10,13-14,16H,7-8,15H2,(H,30,32). The Morgan fingerprint density at radius 2 is 1.84 bits per heavy atom. The summed E-state index contributed by atoms with van der Waals surface area (Å²) in [7, 11) is 0. The molecule has 1 atom stereocenters. The van der Waals surface area contributed by atoms with Crippen LogP contribution in [0.1, 0.15) is 29.7 Å². The van der Waals surface area contributed by atoms with Crippen LogP contribution < -0.4 is 10.2 Å². The lowest BCUT2D eigenvalue weighted by atomic mass is 9.82. The van der Waals surface area contributed by atoms with Gasteiger partial charge >= 0.3 is 6.03 Å². The third kappa shape index (κ3) is 3.82. The van der Waals surface area contributed by atoms with Gasteiger partial charge in [0, 0.05) is 32.4 Å². The maximum Gasteiger partial charge on any atom is 0.323 e. The highest BCUT2D eigenvalue weighted by atomic mass is 35.5. The van der Waals surface area contributed by atoms with Gasteiger partial charge in [0.15, 0.2) is 0 Å². The third-order valence-corrected chi connectivity index (χ3v) is 6.79. The van der Waals surface area contributed by atoms with E-state index in [1.54, 1.807) is 35.4 Å². The fraction of sp³-hybridized carbons (Fsp3) is 0.200. The molecule has 0 saturated heterocycles. The zero-order valence-electron chi connectivity index (χ0n) is 16.9. The van der Waals surface area contributed by atoms with Gasteiger partial charge < -0.3 is 5.32 Å². The van der Waals surface area contributed by atoms with E-state index in [-0.39, 0.29) is 18.5 Å². The first-order valence-corrected chi connectivity index (χ1v) is 11.4. The van der Waals surface area contributed by atoms with E-state index in [0.29, 0.717) is 26.3 Å². The van der Waals surface area contributed by atoms with E-state index in [0.717, 1.165) is 24.1 Å². The van der Waals surface area contributed by atoms with E-state index in [4.69, 9.17) is 34.8 Å². The Balaban J connectivity index is 1.63. The highest BCUT2D eigenvalue weighted by Crippen LogP contribution is 2.51. The number of aromatic nitrogens is 1. The first-order chi connectivity index (χ1) is 15.5. The quantitative estimate of drug-likeness (QED) is 0.437. The maximum absolute atomic E-state index is 13.4. The van der Waals surface area contributed by atoms with E-state index >= 15 is 0 Å². The van der Waals surface area contributed by atoms with Gasteiger partial charge in [0.05, 0.1) is 12.2 Å². The van der Waals surface area contributed by atoms with Crippen molar-refractivity contribution in [2.24, 2.45) is 5.92 Å². The van der Waals surface area contributed by atoms with Gasteiger partial charge in [-0.05, 0) is 67.1 Å². The number of urea groups is 1. The van der Waals surface area contributed by atoms with Crippen LogP contribution >= 0.6 is 34.8 Å². The molecule has 160 valence electrons. The van der Waals surface area contributed by atoms with Crippen molar-refractivity contribution in [3.8, 4) is 11.8 Å². The molecule has 2 aromatic carbocycles. The number of pyridine rings is 1. The molecule has 1 aromatic heterocycles. The number of carbonyl (C=O) groups is 1. The van der Waals surface area contributed by atoms with Crippen LogP contribution in [0.2, 0.25) is 15.1 Å². The molecular formula is C25H18Cl3N3O. The second-order valence-corrected chi connectivity index (χ2v) is 9.18. The Morgan fingerprint density at radius 1 is 1.06 bits per heavy atom. The normalized spacial score (nSPS) is 19.6. The first kappa shape index (κ1) is 21.2. The van der Waals surface area contributed by atoms with Gasteiger partial charge in [0.1, 0.15) is 11.2 Å². The van der Waals surface area contributed by atoms with Crippen LogP contribution in [0.4, 0.5) is 10.5 Å². The van der Waals surface area contributed by atoms with Crippen molar-refractivity contribution in [3.05, 3.63) is 92.7 Å².